The van der Waals surface area contributed by atoms with Crippen molar-refractivity contribution in [2.45, 2.75) is 27.2 Å². The summed E-state index contributed by atoms with van der Waals surface area (Å²) in [5, 5.41) is 22.3. The van der Waals surface area contributed by atoms with Crippen LogP contribution in [0.5, 0.6) is 0 Å². The maximum Gasteiger partial charge on any atom is 0.160 e. The average Bonchev–Trinajstić information content (AvgIpc) is 3.64. The van der Waals surface area contributed by atoms with E-state index in [1.807, 2.05) is 78.9 Å². The van der Waals surface area contributed by atoms with Gasteiger partial charge >= 0.3 is 0 Å². The number of nitrogens with zero attached hydrogens (tertiary/aromatic N) is 5. The van der Waals surface area contributed by atoms with Crippen molar-refractivity contribution in [3.63, 3.8) is 0 Å². The number of rotatable bonds is 7. The molecule has 0 amide bonds. The Morgan fingerprint density at radius 3 is 1.90 bits per heavy atom. The molecule has 0 saturated carbocycles. The van der Waals surface area contributed by atoms with E-state index in [2.05, 4.69) is 135 Å². The first-order valence-electron chi connectivity index (χ1n) is 21.0. The zero-order chi connectivity index (χ0) is 42.3. The lowest BCUT2D eigenvalue weighted by Gasteiger charge is -2.25. The van der Waals surface area contributed by atoms with Gasteiger partial charge in [-0.05, 0) is 109 Å². The number of nitriles is 2. The lowest BCUT2D eigenvalue weighted by atomic mass is 9.83. The first-order valence-corrected chi connectivity index (χ1v) is 21.0. The number of aryl methyl sites for hydroxylation is 2. The molecule has 1 atom stereocenters. The zero-order valence-electron chi connectivity index (χ0n) is 34.8. The summed E-state index contributed by atoms with van der Waals surface area (Å²) in [6, 6.07) is 61.8. The van der Waals surface area contributed by atoms with Crippen LogP contribution in [-0.4, -0.2) is 14.5 Å². The highest BCUT2D eigenvalue weighted by Gasteiger charge is 2.26. The van der Waals surface area contributed by atoms with E-state index < -0.39 is 0 Å². The normalized spacial score (nSPS) is 13.7. The number of fused-ring (bicyclic) bond motifs is 3. The zero-order valence-corrected chi connectivity index (χ0v) is 34.8. The molecule has 0 bridgehead atoms. The summed E-state index contributed by atoms with van der Waals surface area (Å²) in [7, 11) is 0. The molecule has 5 nitrogen and oxygen atoms in total. The molecule has 2 heterocycles. The van der Waals surface area contributed by atoms with Crippen molar-refractivity contribution in [3.05, 3.63) is 204 Å². The topological polar surface area (TPSA) is 78.3 Å². The summed E-state index contributed by atoms with van der Waals surface area (Å²) >= 11 is 0. The van der Waals surface area contributed by atoms with Crippen LogP contribution in [0.3, 0.4) is 0 Å². The molecule has 0 radical (unpaired) electrons. The van der Waals surface area contributed by atoms with Gasteiger partial charge in [0.25, 0.3) is 0 Å². The smallest absolute Gasteiger partial charge is 0.160 e. The van der Waals surface area contributed by atoms with E-state index in [4.69, 9.17) is 9.97 Å². The molecule has 294 valence electrons. The molecule has 7 aromatic carbocycles. The molecule has 0 spiro atoms. The monoisotopic (exact) mass is 795 g/mol. The van der Waals surface area contributed by atoms with Gasteiger partial charge in [-0.3, -0.25) is 0 Å². The van der Waals surface area contributed by atoms with E-state index in [9.17, 15) is 10.5 Å². The Morgan fingerprint density at radius 2 is 1.19 bits per heavy atom. The second-order valence-corrected chi connectivity index (χ2v) is 16.2. The third-order valence-electron chi connectivity index (χ3n) is 12.1. The lowest BCUT2D eigenvalue weighted by Crippen LogP contribution is -2.08. The first-order chi connectivity index (χ1) is 30.4. The largest absolute Gasteiger partial charge is 0.308 e. The van der Waals surface area contributed by atoms with Crippen molar-refractivity contribution < 1.29 is 0 Å². The maximum absolute atomic E-state index is 10.1. The molecule has 1 aliphatic carbocycles. The Balaban J connectivity index is 1.31. The molecule has 1 aliphatic rings. The van der Waals surface area contributed by atoms with Crippen molar-refractivity contribution in [1.29, 1.82) is 10.5 Å². The lowest BCUT2D eigenvalue weighted by molar-refractivity contribution is 0.718. The van der Waals surface area contributed by atoms with Gasteiger partial charge in [0, 0.05) is 44.2 Å². The van der Waals surface area contributed by atoms with Crippen molar-refractivity contribution in [2.24, 2.45) is 5.92 Å². The summed E-state index contributed by atoms with van der Waals surface area (Å²) in [5.74, 6) is 0.670. The van der Waals surface area contributed by atoms with Crippen LogP contribution in [0.2, 0.25) is 0 Å². The molecule has 10 rings (SSSR count). The van der Waals surface area contributed by atoms with Crippen molar-refractivity contribution in [2.75, 3.05) is 0 Å². The SMILES string of the molecule is Cc1ccc(-c2ccc3c(c2)c2ccccc2n3-c2c(C3=CC=C(C#N)C(C)C3)cc(-c3cc(-c4ccccc4)nc(-c4ccccc4)n3)cc2-c2ccc(C#N)cc2)c(C)c1. The Bertz CT molecular complexity index is 3300. The second-order valence-electron chi connectivity index (χ2n) is 16.2. The van der Waals surface area contributed by atoms with E-state index in [1.165, 1.54) is 22.3 Å². The molecule has 0 fully saturated rings. The third kappa shape index (κ3) is 6.86. The quantitative estimate of drug-likeness (QED) is 0.161. The van der Waals surface area contributed by atoms with Gasteiger partial charge < -0.3 is 4.57 Å². The van der Waals surface area contributed by atoms with Crippen LogP contribution in [0.4, 0.5) is 0 Å². The van der Waals surface area contributed by atoms with Crippen LogP contribution in [0.15, 0.2) is 182 Å². The minimum atomic E-state index is 0.0294. The van der Waals surface area contributed by atoms with Crippen LogP contribution < -0.4 is 0 Å². The fourth-order valence-electron chi connectivity index (χ4n) is 9.01. The van der Waals surface area contributed by atoms with E-state index in [0.29, 0.717) is 17.8 Å². The van der Waals surface area contributed by atoms with Gasteiger partial charge in [0.15, 0.2) is 5.82 Å². The second kappa shape index (κ2) is 15.8. The fraction of sp³-hybridized carbons (Fsp3) is 0.0877. The van der Waals surface area contributed by atoms with Crippen molar-refractivity contribution in [1.82, 2.24) is 14.5 Å². The molecule has 2 aromatic heterocycles. The Labute approximate surface area is 361 Å². The maximum atomic E-state index is 10.1. The third-order valence-corrected chi connectivity index (χ3v) is 12.1. The number of para-hydroxylation sites is 1. The first kappa shape index (κ1) is 38.1. The molecule has 62 heavy (non-hydrogen) atoms. The highest BCUT2D eigenvalue weighted by atomic mass is 15.0. The molecule has 9 aromatic rings. The highest BCUT2D eigenvalue weighted by Crippen LogP contribution is 2.45. The number of aromatic nitrogens is 3. The number of benzene rings is 7. The summed E-state index contributed by atoms with van der Waals surface area (Å²) in [6.45, 7) is 6.45. The molecule has 0 N–H and O–H groups in total. The summed E-state index contributed by atoms with van der Waals surface area (Å²) < 4.78 is 2.42. The van der Waals surface area contributed by atoms with E-state index in [0.717, 1.165) is 83.4 Å². The number of allylic oxidation sites excluding steroid dienone is 4. The van der Waals surface area contributed by atoms with Gasteiger partial charge in [0.1, 0.15) is 0 Å². The van der Waals surface area contributed by atoms with Crippen LogP contribution in [-0.2, 0) is 0 Å². The summed E-state index contributed by atoms with van der Waals surface area (Å²) in [5.41, 5.74) is 18.0. The summed E-state index contributed by atoms with van der Waals surface area (Å²) in [4.78, 5) is 10.4. The predicted molar refractivity (Wildman–Crippen MR) is 253 cm³/mol. The Kier molecular flexibility index (Phi) is 9.72. The Morgan fingerprint density at radius 1 is 0.532 bits per heavy atom. The fourth-order valence-corrected chi connectivity index (χ4v) is 9.01. The molecular weight excluding hydrogens is 755 g/mol. The van der Waals surface area contributed by atoms with Gasteiger partial charge in [-0.15, -0.1) is 0 Å². The minimum Gasteiger partial charge on any atom is -0.308 e. The molecule has 5 heteroatoms. The molecular formula is C57H41N5. The summed E-state index contributed by atoms with van der Waals surface area (Å²) in [6.07, 6.45) is 4.79. The highest BCUT2D eigenvalue weighted by molar-refractivity contribution is 6.11. The van der Waals surface area contributed by atoms with Gasteiger partial charge in [-0.1, -0.05) is 134 Å². The Hall–Kier alpha value is -8.12. The van der Waals surface area contributed by atoms with Crippen LogP contribution >= 0.6 is 0 Å². The van der Waals surface area contributed by atoms with E-state index >= 15 is 0 Å². The van der Waals surface area contributed by atoms with Crippen LogP contribution in [0.1, 0.15) is 35.6 Å². The molecule has 1 unspecified atom stereocenters. The van der Waals surface area contributed by atoms with E-state index in [-0.39, 0.29) is 5.92 Å². The number of hydrogen-bond acceptors (Lipinski definition) is 4. The average molecular weight is 796 g/mol. The van der Waals surface area contributed by atoms with Gasteiger partial charge in [0.05, 0.1) is 45.8 Å². The standard InChI is InChI=1S/C57H41N5/c1-36-18-26-47(38(3)28-36)44-25-27-55-51(30-44)48-16-10-11-17-54(48)62(55)56-49(40-21-19-39(34-58)20-22-40)31-46(32-50(56)43-23-24-45(35-59)37(2)29-43)53-33-52(41-12-6-4-7-13-41)60-57(61-53)42-14-8-5-9-15-42/h4-28,30-33,37H,29H2,1-3H3. The van der Waals surface area contributed by atoms with Crippen LogP contribution in [0, 0.1) is 42.4 Å². The van der Waals surface area contributed by atoms with Crippen molar-refractivity contribution >= 4 is 27.4 Å². The van der Waals surface area contributed by atoms with Gasteiger partial charge in [0.2, 0.25) is 0 Å². The number of hydrogen-bond donors (Lipinski definition) is 0. The molecule has 0 aliphatic heterocycles. The van der Waals surface area contributed by atoms with Crippen LogP contribution in [0.25, 0.3) is 89.2 Å². The van der Waals surface area contributed by atoms with Gasteiger partial charge in [-0.2, -0.15) is 10.5 Å². The van der Waals surface area contributed by atoms with E-state index in [1.54, 1.807) is 0 Å². The predicted octanol–water partition coefficient (Wildman–Crippen LogP) is 14.3. The minimum absolute atomic E-state index is 0.0294. The van der Waals surface area contributed by atoms with Gasteiger partial charge in [-0.25, -0.2) is 9.97 Å². The van der Waals surface area contributed by atoms with Crippen molar-refractivity contribution in [3.8, 4) is 74.0 Å². The molecule has 0 saturated heterocycles.